The molecule has 0 atom stereocenters. The van der Waals surface area contributed by atoms with Crippen LogP contribution in [-0.2, 0) is 16.6 Å². The Balaban J connectivity index is 2.33. The highest BCUT2D eigenvalue weighted by atomic mass is 32.2. The van der Waals surface area contributed by atoms with E-state index in [0.29, 0.717) is 17.2 Å². The number of methoxy groups -OCH3 is 3. The molecule has 0 heterocycles. The van der Waals surface area contributed by atoms with Crippen molar-refractivity contribution in [2.45, 2.75) is 11.4 Å². The van der Waals surface area contributed by atoms with Gasteiger partial charge in [-0.1, -0.05) is 12.1 Å². The van der Waals surface area contributed by atoms with Crippen LogP contribution in [0.15, 0.2) is 60.0 Å². The zero-order valence-corrected chi connectivity index (χ0v) is 16.0. The minimum atomic E-state index is -3.69. The highest BCUT2D eigenvalue weighted by Gasteiger charge is 2.24. The molecule has 0 saturated carbocycles. The second kappa shape index (κ2) is 8.73. The molecule has 0 aromatic heterocycles. The van der Waals surface area contributed by atoms with Crippen molar-refractivity contribution in [3.05, 3.63) is 60.7 Å². The molecule has 2 aromatic rings. The monoisotopic (exact) mass is 377 g/mol. The lowest BCUT2D eigenvalue weighted by molar-refractivity contribution is 0.353. The lowest BCUT2D eigenvalue weighted by atomic mass is 10.2. The molecule has 0 spiro atoms. The van der Waals surface area contributed by atoms with Crippen LogP contribution in [0.5, 0.6) is 17.2 Å². The van der Waals surface area contributed by atoms with Crippen molar-refractivity contribution < 1.29 is 22.6 Å². The van der Waals surface area contributed by atoms with Gasteiger partial charge in [0.15, 0.2) is 11.5 Å². The lowest BCUT2D eigenvalue weighted by Crippen LogP contribution is -2.30. The Morgan fingerprint density at radius 3 is 2.15 bits per heavy atom. The van der Waals surface area contributed by atoms with Crippen molar-refractivity contribution >= 4 is 10.0 Å². The number of benzene rings is 2. The molecule has 2 rings (SSSR count). The van der Waals surface area contributed by atoms with Crippen LogP contribution in [0.2, 0.25) is 0 Å². The molecule has 7 heteroatoms. The first-order valence-electron chi connectivity index (χ1n) is 7.92. The number of rotatable bonds is 9. The van der Waals surface area contributed by atoms with E-state index in [1.165, 1.54) is 30.7 Å². The van der Waals surface area contributed by atoms with E-state index in [0.717, 1.165) is 5.56 Å². The van der Waals surface area contributed by atoms with Gasteiger partial charge >= 0.3 is 0 Å². The quantitative estimate of drug-likeness (QED) is 0.629. The molecule has 0 saturated heterocycles. The Hall–Kier alpha value is -2.51. The summed E-state index contributed by atoms with van der Waals surface area (Å²) in [6.45, 7) is 4.03. The Kier molecular flexibility index (Phi) is 6.65. The molecule has 0 fully saturated rings. The Morgan fingerprint density at radius 2 is 1.62 bits per heavy atom. The number of ether oxygens (including phenoxy) is 3. The summed E-state index contributed by atoms with van der Waals surface area (Å²) in [6, 6.07) is 11.6. The van der Waals surface area contributed by atoms with Gasteiger partial charge in [-0.3, -0.25) is 0 Å². The molecule has 0 aliphatic carbocycles. The summed E-state index contributed by atoms with van der Waals surface area (Å²) in [5, 5.41) is 0. The van der Waals surface area contributed by atoms with Crippen molar-refractivity contribution in [2.75, 3.05) is 27.9 Å². The molecule has 0 bridgehead atoms. The van der Waals surface area contributed by atoms with E-state index >= 15 is 0 Å². The molecule has 2 aromatic carbocycles. The van der Waals surface area contributed by atoms with Gasteiger partial charge in [-0.05, 0) is 42.0 Å². The molecular weight excluding hydrogens is 354 g/mol. The van der Waals surface area contributed by atoms with Crippen molar-refractivity contribution in [1.29, 1.82) is 0 Å². The summed E-state index contributed by atoms with van der Waals surface area (Å²) in [5.41, 5.74) is 0.779. The van der Waals surface area contributed by atoms with Crippen LogP contribution in [0, 0.1) is 0 Å². The fraction of sp³-hybridized carbons (Fsp3) is 0.263. The van der Waals surface area contributed by atoms with Crippen LogP contribution in [0.25, 0.3) is 0 Å². The number of nitrogens with zero attached hydrogens (tertiary/aromatic N) is 1. The van der Waals surface area contributed by atoms with E-state index in [4.69, 9.17) is 14.2 Å². The summed E-state index contributed by atoms with van der Waals surface area (Å²) >= 11 is 0. The van der Waals surface area contributed by atoms with Gasteiger partial charge in [0.1, 0.15) is 5.75 Å². The zero-order valence-electron chi connectivity index (χ0n) is 15.1. The van der Waals surface area contributed by atoms with Crippen molar-refractivity contribution in [3.8, 4) is 17.2 Å². The topological polar surface area (TPSA) is 65.1 Å². The average molecular weight is 377 g/mol. The first-order chi connectivity index (χ1) is 12.5. The standard InChI is InChI=1S/C19H23NO5S/c1-5-12-20(14-15-6-11-18(24-3)19(13-15)25-4)26(21,22)17-9-7-16(23-2)8-10-17/h5-11,13H,1,12,14H2,2-4H3. The third kappa shape index (κ3) is 4.36. The summed E-state index contributed by atoms with van der Waals surface area (Å²) < 4.78 is 42.9. The van der Waals surface area contributed by atoms with Crippen LogP contribution in [0.1, 0.15) is 5.56 Å². The second-order valence-electron chi connectivity index (χ2n) is 5.45. The molecule has 26 heavy (non-hydrogen) atoms. The van der Waals surface area contributed by atoms with E-state index in [-0.39, 0.29) is 18.0 Å². The summed E-state index contributed by atoms with van der Waals surface area (Å²) in [5.74, 6) is 1.73. The van der Waals surface area contributed by atoms with Gasteiger partial charge in [0.05, 0.1) is 26.2 Å². The van der Waals surface area contributed by atoms with E-state index in [2.05, 4.69) is 6.58 Å². The molecule has 0 radical (unpaired) electrons. The number of sulfonamides is 1. The van der Waals surface area contributed by atoms with Crippen LogP contribution < -0.4 is 14.2 Å². The van der Waals surface area contributed by atoms with Crippen molar-refractivity contribution in [1.82, 2.24) is 4.31 Å². The number of hydrogen-bond donors (Lipinski definition) is 0. The van der Waals surface area contributed by atoms with Crippen LogP contribution >= 0.6 is 0 Å². The molecule has 6 nitrogen and oxygen atoms in total. The van der Waals surface area contributed by atoms with Crippen LogP contribution in [0.4, 0.5) is 0 Å². The summed E-state index contributed by atoms with van der Waals surface area (Å²) in [7, 11) is 0.935. The van der Waals surface area contributed by atoms with Crippen LogP contribution in [0.3, 0.4) is 0 Å². The van der Waals surface area contributed by atoms with E-state index in [1.807, 2.05) is 0 Å². The van der Waals surface area contributed by atoms with Crippen LogP contribution in [-0.4, -0.2) is 40.6 Å². The molecule has 140 valence electrons. The normalized spacial score (nSPS) is 11.2. The van der Waals surface area contributed by atoms with Gasteiger partial charge in [0.25, 0.3) is 0 Å². The zero-order chi connectivity index (χ0) is 19.2. The molecule has 0 N–H and O–H groups in total. The minimum Gasteiger partial charge on any atom is -0.497 e. The highest BCUT2D eigenvalue weighted by molar-refractivity contribution is 7.89. The maximum Gasteiger partial charge on any atom is 0.243 e. The molecule has 0 aliphatic heterocycles. The SMILES string of the molecule is C=CCN(Cc1ccc(OC)c(OC)c1)S(=O)(=O)c1ccc(OC)cc1. The maximum atomic E-state index is 13.0. The molecule has 0 amide bonds. The fourth-order valence-electron chi connectivity index (χ4n) is 2.47. The maximum absolute atomic E-state index is 13.0. The Bertz CT molecular complexity index is 847. The van der Waals surface area contributed by atoms with E-state index in [9.17, 15) is 8.42 Å². The molecular formula is C19H23NO5S. The lowest BCUT2D eigenvalue weighted by Gasteiger charge is -2.21. The van der Waals surface area contributed by atoms with Gasteiger partial charge in [-0.25, -0.2) is 8.42 Å². The second-order valence-corrected chi connectivity index (χ2v) is 7.39. The Labute approximate surface area is 154 Å². The van der Waals surface area contributed by atoms with E-state index < -0.39 is 10.0 Å². The van der Waals surface area contributed by atoms with Gasteiger partial charge in [-0.2, -0.15) is 4.31 Å². The predicted molar refractivity (Wildman–Crippen MR) is 100 cm³/mol. The van der Waals surface area contributed by atoms with Gasteiger partial charge < -0.3 is 14.2 Å². The van der Waals surface area contributed by atoms with Gasteiger partial charge in [0.2, 0.25) is 10.0 Å². The predicted octanol–water partition coefficient (Wildman–Crippen LogP) is 3.09. The minimum absolute atomic E-state index is 0.181. The third-order valence-corrected chi connectivity index (χ3v) is 5.66. The van der Waals surface area contributed by atoms with E-state index in [1.54, 1.807) is 43.5 Å². The number of hydrogen-bond acceptors (Lipinski definition) is 5. The van der Waals surface area contributed by atoms with Gasteiger partial charge in [-0.15, -0.1) is 6.58 Å². The third-order valence-electron chi connectivity index (χ3n) is 3.84. The van der Waals surface area contributed by atoms with Crippen molar-refractivity contribution in [2.24, 2.45) is 0 Å². The Morgan fingerprint density at radius 1 is 0.962 bits per heavy atom. The molecule has 0 aliphatic rings. The molecule has 0 unspecified atom stereocenters. The smallest absolute Gasteiger partial charge is 0.243 e. The highest BCUT2D eigenvalue weighted by Crippen LogP contribution is 2.29. The van der Waals surface area contributed by atoms with Gasteiger partial charge in [0, 0.05) is 13.1 Å². The summed E-state index contributed by atoms with van der Waals surface area (Å²) in [6.07, 6.45) is 1.56. The summed E-state index contributed by atoms with van der Waals surface area (Å²) in [4.78, 5) is 0.195. The largest absolute Gasteiger partial charge is 0.497 e. The first-order valence-corrected chi connectivity index (χ1v) is 9.36. The fourth-order valence-corrected chi connectivity index (χ4v) is 3.87. The van der Waals surface area contributed by atoms with Crippen molar-refractivity contribution in [3.63, 3.8) is 0 Å². The average Bonchev–Trinajstić information content (AvgIpc) is 2.67. The first kappa shape index (κ1) is 19.8.